The third-order valence-electron chi connectivity index (χ3n) is 4.56. The molecule has 0 heterocycles. The van der Waals surface area contributed by atoms with Crippen LogP contribution in [0.4, 0.5) is 16.2 Å². The van der Waals surface area contributed by atoms with Crippen LogP contribution in [0, 0.1) is 10.1 Å². The van der Waals surface area contributed by atoms with Crippen molar-refractivity contribution in [3.63, 3.8) is 0 Å². The van der Waals surface area contributed by atoms with Gasteiger partial charge in [-0.15, -0.1) is 0 Å². The first-order chi connectivity index (χ1) is 12.4. The van der Waals surface area contributed by atoms with Gasteiger partial charge in [-0.3, -0.25) is 10.1 Å². The van der Waals surface area contributed by atoms with E-state index < -0.39 is 4.92 Å². The molecule has 1 N–H and O–H groups in total. The van der Waals surface area contributed by atoms with E-state index in [0.717, 1.165) is 18.4 Å². The van der Waals surface area contributed by atoms with Crippen LogP contribution in [0.15, 0.2) is 48.5 Å². The van der Waals surface area contributed by atoms with Crippen molar-refractivity contribution < 1.29 is 9.72 Å². The standard InChI is InChI=1S/C20H23N3O3/c1-14(2)16-8-6-15(7-9-16)13-22(18-10-11-18)20(24)21-17-4-3-5-19(12-17)23(25)26/h3-9,12,14,18H,10-11,13H2,1-2H3,(H,21,24). The minimum absolute atomic E-state index is 0.0370. The molecule has 0 radical (unpaired) electrons. The minimum Gasteiger partial charge on any atom is -0.317 e. The Morgan fingerprint density at radius 1 is 1.23 bits per heavy atom. The quantitative estimate of drug-likeness (QED) is 0.592. The number of anilines is 1. The van der Waals surface area contributed by atoms with Gasteiger partial charge in [0.1, 0.15) is 0 Å². The fourth-order valence-electron chi connectivity index (χ4n) is 2.85. The number of hydrogen-bond donors (Lipinski definition) is 1. The van der Waals surface area contributed by atoms with Gasteiger partial charge in [0.25, 0.3) is 5.69 Å². The first-order valence-corrected chi connectivity index (χ1v) is 8.85. The fraction of sp³-hybridized carbons (Fsp3) is 0.350. The zero-order valence-electron chi connectivity index (χ0n) is 15.0. The predicted molar refractivity (Wildman–Crippen MR) is 101 cm³/mol. The van der Waals surface area contributed by atoms with Crippen LogP contribution in [-0.2, 0) is 6.54 Å². The maximum absolute atomic E-state index is 12.7. The summed E-state index contributed by atoms with van der Waals surface area (Å²) >= 11 is 0. The van der Waals surface area contributed by atoms with Crippen LogP contribution >= 0.6 is 0 Å². The van der Waals surface area contributed by atoms with Crippen molar-refractivity contribution >= 4 is 17.4 Å². The number of carbonyl (C=O) groups is 1. The fourth-order valence-corrected chi connectivity index (χ4v) is 2.85. The number of carbonyl (C=O) groups excluding carboxylic acids is 1. The Labute approximate surface area is 153 Å². The Morgan fingerprint density at radius 3 is 2.50 bits per heavy atom. The second-order valence-corrected chi connectivity index (χ2v) is 6.99. The summed E-state index contributed by atoms with van der Waals surface area (Å²) in [6, 6.07) is 14.3. The van der Waals surface area contributed by atoms with Crippen LogP contribution in [0.3, 0.4) is 0 Å². The molecule has 2 aromatic rings. The number of hydrogen-bond acceptors (Lipinski definition) is 3. The van der Waals surface area contributed by atoms with Gasteiger partial charge in [0.05, 0.1) is 4.92 Å². The maximum Gasteiger partial charge on any atom is 0.322 e. The monoisotopic (exact) mass is 353 g/mol. The van der Waals surface area contributed by atoms with Crippen molar-refractivity contribution in [2.75, 3.05) is 5.32 Å². The van der Waals surface area contributed by atoms with Gasteiger partial charge in [-0.2, -0.15) is 0 Å². The van der Waals surface area contributed by atoms with Gasteiger partial charge < -0.3 is 10.2 Å². The highest BCUT2D eigenvalue weighted by molar-refractivity contribution is 5.90. The summed E-state index contributed by atoms with van der Waals surface area (Å²) in [4.78, 5) is 24.9. The van der Waals surface area contributed by atoms with Crippen molar-refractivity contribution in [1.82, 2.24) is 4.90 Å². The number of non-ortho nitro benzene ring substituents is 1. The molecule has 1 aliphatic rings. The Hall–Kier alpha value is -2.89. The van der Waals surface area contributed by atoms with E-state index in [1.54, 1.807) is 12.1 Å². The molecule has 6 nitrogen and oxygen atoms in total. The summed E-state index contributed by atoms with van der Waals surface area (Å²) in [7, 11) is 0. The number of nitro groups is 1. The number of amides is 2. The number of benzene rings is 2. The maximum atomic E-state index is 12.7. The summed E-state index contributed by atoms with van der Waals surface area (Å²) in [6.07, 6.45) is 1.98. The molecule has 136 valence electrons. The first-order valence-electron chi connectivity index (χ1n) is 8.85. The molecular weight excluding hydrogens is 330 g/mol. The highest BCUT2D eigenvalue weighted by Crippen LogP contribution is 2.29. The van der Waals surface area contributed by atoms with E-state index >= 15 is 0 Å². The molecule has 2 amide bonds. The van der Waals surface area contributed by atoms with Crippen LogP contribution in [0.1, 0.15) is 43.7 Å². The van der Waals surface area contributed by atoms with Gasteiger partial charge in [-0.25, -0.2) is 4.79 Å². The Bertz CT molecular complexity index is 798. The van der Waals surface area contributed by atoms with Crippen molar-refractivity contribution in [3.8, 4) is 0 Å². The first kappa shape index (κ1) is 17.9. The third-order valence-corrected chi connectivity index (χ3v) is 4.56. The molecule has 2 aromatic carbocycles. The van der Waals surface area contributed by atoms with Crippen LogP contribution in [0.25, 0.3) is 0 Å². The van der Waals surface area contributed by atoms with Gasteiger partial charge in [-0.1, -0.05) is 44.2 Å². The summed E-state index contributed by atoms with van der Waals surface area (Å²) in [6.45, 7) is 4.83. The van der Waals surface area contributed by atoms with Gasteiger partial charge >= 0.3 is 6.03 Å². The molecule has 1 aliphatic carbocycles. The summed E-state index contributed by atoms with van der Waals surface area (Å²) in [5.74, 6) is 0.473. The van der Waals surface area contributed by atoms with E-state index in [9.17, 15) is 14.9 Å². The number of nitrogens with zero attached hydrogens (tertiary/aromatic N) is 2. The molecule has 26 heavy (non-hydrogen) atoms. The summed E-state index contributed by atoms with van der Waals surface area (Å²) < 4.78 is 0. The molecule has 6 heteroatoms. The zero-order valence-corrected chi connectivity index (χ0v) is 15.0. The largest absolute Gasteiger partial charge is 0.322 e. The normalized spacial score (nSPS) is 13.5. The average Bonchev–Trinajstić information content (AvgIpc) is 3.45. The lowest BCUT2D eigenvalue weighted by Gasteiger charge is -2.23. The van der Waals surface area contributed by atoms with Crippen LogP contribution in [0.5, 0.6) is 0 Å². The second-order valence-electron chi connectivity index (χ2n) is 6.99. The Morgan fingerprint density at radius 2 is 1.92 bits per heavy atom. The van der Waals surface area contributed by atoms with E-state index in [4.69, 9.17) is 0 Å². The highest BCUT2D eigenvalue weighted by atomic mass is 16.6. The number of nitro benzene ring substituents is 1. The van der Waals surface area contributed by atoms with Crippen molar-refractivity contribution in [2.45, 2.75) is 45.2 Å². The highest BCUT2D eigenvalue weighted by Gasteiger charge is 2.32. The van der Waals surface area contributed by atoms with Crippen molar-refractivity contribution in [3.05, 3.63) is 69.8 Å². The van der Waals surface area contributed by atoms with Gasteiger partial charge in [0.15, 0.2) is 0 Å². The SMILES string of the molecule is CC(C)c1ccc(CN(C(=O)Nc2cccc([N+](=O)[O-])c2)C2CC2)cc1. The molecule has 0 unspecified atom stereocenters. The van der Waals surface area contributed by atoms with E-state index in [-0.39, 0.29) is 17.8 Å². The topological polar surface area (TPSA) is 75.5 Å². The van der Waals surface area contributed by atoms with Crippen molar-refractivity contribution in [1.29, 1.82) is 0 Å². The predicted octanol–water partition coefficient (Wildman–Crippen LogP) is 4.91. The van der Waals surface area contributed by atoms with Crippen LogP contribution in [-0.4, -0.2) is 21.9 Å². The zero-order chi connectivity index (χ0) is 18.7. The molecule has 1 fully saturated rings. The molecule has 0 spiro atoms. The van der Waals surface area contributed by atoms with Crippen LogP contribution < -0.4 is 5.32 Å². The van der Waals surface area contributed by atoms with E-state index in [0.29, 0.717) is 18.2 Å². The Balaban J connectivity index is 1.70. The number of urea groups is 1. The lowest BCUT2D eigenvalue weighted by atomic mass is 10.0. The molecule has 0 aliphatic heterocycles. The van der Waals surface area contributed by atoms with Crippen LogP contribution in [0.2, 0.25) is 0 Å². The molecule has 0 aromatic heterocycles. The number of nitrogens with one attached hydrogen (secondary N) is 1. The minimum atomic E-state index is -0.468. The molecule has 0 bridgehead atoms. The van der Waals surface area contributed by atoms with E-state index in [2.05, 4.69) is 43.4 Å². The third kappa shape index (κ3) is 4.39. The molecular formula is C20H23N3O3. The average molecular weight is 353 g/mol. The lowest BCUT2D eigenvalue weighted by molar-refractivity contribution is -0.384. The summed E-state index contributed by atoms with van der Waals surface area (Å²) in [5, 5.41) is 13.7. The smallest absolute Gasteiger partial charge is 0.317 e. The number of rotatable bonds is 6. The van der Waals surface area contributed by atoms with Gasteiger partial charge in [0.2, 0.25) is 0 Å². The Kier molecular flexibility index (Phi) is 5.21. The van der Waals surface area contributed by atoms with Gasteiger partial charge in [0, 0.05) is 30.4 Å². The van der Waals surface area contributed by atoms with E-state index in [1.165, 1.54) is 17.7 Å². The molecule has 3 rings (SSSR count). The second kappa shape index (κ2) is 7.56. The van der Waals surface area contributed by atoms with E-state index in [1.807, 2.05) is 4.90 Å². The molecule has 0 atom stereocenters. The summed E-state index contributed by atoms with van der Waals surface area (Å²) in [5.41, 5.74) is 2.75. The van der Waals surface area contributed by atoms with Crippen molar-refractivity contribution in [2.24, 2.45) is 0 Å². The molecule has 1 saturated carbocycles. The molecule has 0 saturated heterocycles. The van der Waals surface area contributed by atoms with Gasteiger partial charge in [-0.05, 0) is 36.0 Å². The lowest BCUT2D eigenvalue weighted by Crippen LogP contribution is -2.36.